The van der Waals surface area contributed by atoms with Crippen LogP contribution >= 0.6 is 7.82 Å². The van der Waals surface area contributed by atoms with Crippen molar-refractivity contribution in [3.05, 3.63) is 71.5 Å². The van der Waals surface area contributed by atoms with Crippen LogP contribution in [0.4, 0.5) is 17.6 Å². The Balaban J connectivity index is 2.82. The van der Waals surface area contributed by atoms with Crippen LogP contribution < -0.4 is 0 Å². The molecule has 2 aromatic rings. The molecule has 2 rings (SSSR count). The van der Waals surface area contributed by atoms with Crippen LogP contribution in [-0.4, -0.2) is 26.2 Å². The fourth-order valence-corrected chi connectivity index (χ4v) is 3.32. The molecule has 0 saturated carbocycles. The van der Waals surface area contributed by atoms with E-state index in [9.17, 15) is 26.9 Å². The van der Waals surface area contributed by atoms with Crippen LogP contribution in [0.25, 0.3) is 0 Å². The normalized spacial score (nSPS) is 14.6. The van der Waals surface area contributed by atoms with Gasteiger partial charge in [0.05, 0.1) is 5.56 Å². The van der Waals surface area contributed by atoms with Crippen molar-refractivity contribution in [2.75, 3.05) is 14.2 Å². The van der Waals surface area contributed by atoms with Crippen molar-refractivity contribution in [1.82, 2.24) is 0 Å². The largest absolute Gasteiger partial charge is 0.475 e. The molecule has 0 amide bonds. The van der Waals surface area contributed by atoms with Gasteiger partial charge in [-0.1, -0.05) is 42.5 Å². The van der Waals surface area contributed by atoms with Crippen molar-refractivity contribution < 1.29 is 40.5 Å². The summed E-state index contributed by atoms with van der Waals surface area (Å²) in [4.78, 5) is 12.9. The first kappa shape index (κ1) is 21.2. The van der Waals surface area contributed by atoms with Crippen LogP contribution in [0.2, 0.25) is 0 Å². The first-order valence-corrected chi connectivity index (χ1v) is 8.91. The van der Waals surface area contributed by atoms with Crippen LogP contribution in [0.3, 0.4) is 0 Å². The predicted octanol–water partition coefficient (Wildman–Crippen LogP) is 4.88. The third-order valence-electron chi connectivity index (χ3n) is 3.71. The quantitative estimate of drug-likeness (QED) is 0.373. The Morgan fingerprint density at radius 2 is 1.44 bits per heavy atom. The molecule has 27 heavy (non-hydrogen) atoms. The van der Waals surface area contributed by atoms with Crippen LogP contribution in [0, 0.1) is 5.82 Å². The number of benzene rings is 2. The lowest BCUT2D eigenvalue weighted by Gasteiger charge is -2.35. The van der Waals surface area contributed by atoms with E-state index in [-0.39, 0.29) is 0 Å². The summed E-state index contributed by atoms with van der Waals surface area (Å²) in [7, 11) is -3.23. The minimum atomic E-state index is -5.43. The monoisotopic (exact) mass is 406 g/mol. The summed E-state index contributed by atoms with van der Waals surface area (Å²) in [5, 5.41) is 0. The predicted molar refractivity (Wildman–Crippen MR) is 87.6 cm³/mol. The van der Waals surface area contributed by atoms with Gasteiger partial charge < -0.3 is 0 Å². The number of alkyl halides is 3. The van der Waals surface area contributed by atoms with Crippen molar-refractivity contribution >= 4 is 13.6 Å². The topological polar surface area (TPSA) is 61.8 Å². The third-order valence-corrected chi connectivity index (χ3v) is 5.11. The van der Waals surface area contributed by atoms with E-state index in [1.807, 2.05) is 0 Å². The molecule has 0 saturated heterocycles. The van der Waals surface area contributed by atoms with Crippen LogP contribution in [-0.2, 0) is 23.7 Å². The molecule has 0 aliphatic heterocycles. The van der Waals surface area contributed by atoms with Gasteiger partial charge in [-0.3, -0.25) is 18.4 Å². The van der Waals surface area contributed by atoms with Gasteiger partial charge in [0.1, 0.15) is 5.82 Å². The van der Waals surface area contributed by atoms with Gasteiger partial charge in [-0.15, -0.1) is 0 Å². The smallest absolute Gasteiger partial charge is 0.290 e. The Morgan fingerprint density at radius 1 is 0.926 bits per heavy atom. The van der Waals surface area contributed by atoms with Crippen molar-refractivity contribution in [1.29, 1.82) is 0 Å². The molecular formula is C17H15F4O5P. The summed E-state index contributed by atoms with van der Waals surface area (Å²) in [6, 6.07) is 9.83. The molecule has 0 fully saturated rings. The van der Waals surface area contributed by atoms with Crippen molar-refractivity contribution in [2.45, 2.75) is 11.8 Å². The number of Topliss-reactive ketones (excluding diaryl/α,β-unsaturated/α-hetero) is 1. The molecule has 0 aliphatic rings. The number of carbonyl (C=O) groups is 1. The van der Waals surface area contributed by atoms with Gasteiger partial charge in [-0.05, 0) is 12.1 Å². The minimum absolute atomic E-state index is 0.708. The highest BCUT2D eigenvalue weighted by molar-refractivity contribution is 7.48. The number of rotatable bonds is 7. The molecule has 0 bridgehead atoms. The molecule has 10 heteroatoms. The molecule has 0 spiro atoms. The Bertz CT molecular complexity index is 848. The lowest BCUT2D eigenvalue weighted by molar-refractivity contribution is -0.237. The Kier molecular flexibility index (Phi) is 6.21. The van der Waals surface area contributed by atoms with E-state index in [4.69, 9.17) is 4.52 Å². The molecule has 1 unspecified atom stereocenters. The Labute approximate surface area is 152 Å². The van der Waals surface area contributed by atoms with E-state index in [1.165, 1.54) is 30.3 Å². The summed E-state index contributed by atoms with van der Waals surface area (Å²) in [6.45, 7) is 0. The van der Waals surface area contributed by atoms with Gasteiger partial charge in [-0.25, -0.2) is 8.96 Å². The van der Waals surface area contributed by atoms with Gasteiger partial charge in [-0.2, -0.15) is 13.2 Å². The molecule has 0 N–H and O–H groups in total. The summed E-state index contributed by atoms with van der Waals surface area (Å²) < 4.78 is 82.8. The number of carbonyl (C=O) groups excluding carboxylic acids is 1. The van der Waals surface area contributed by atoms with E-state index in [1.54, 1.807) is 0 Å². The fraction of sp³-hybridized carbons (Fsp3) is 0.235. The van der Waals surface area contributed by atoms with Crippen molar-refractivity contribution in [3.63, 3.8) is 0 Å². The Hall–Kier alpha value is -2.06. The summed E-state index contributed by atoms with van der Waals surface area (Å²) in [6.07, 6.45) is -5.43. The zero-order chi connectivity index (χ0) is 20.3. The maximum absolute atomic E-state index is 14.2. The van der Waals surface area contributed by atoms with Crippen LogP contribution in [0.1, 0.15) is 15.9 Å². The number of ketones is 1. The molecule has 1 atom stereocenters. The van der Waals surface area contributed by atoms with Crippen LogP contribution in [0.5, 0.6) is 0 Å². The molecule has 0 aromatic heterocycles. The molecule has 2 aromatic carbocycles. The maximum Gasteiger partial charge on any atom is 0.475 e. The number of hydrogen-bond donors (Lipinski definition) is 0. The SMILES string of the molecule is COP(=O)(OC)OC(C(=O)c1ccccc1F)(c1ccccc1)C(F)(F)F. The highest BCUT2D eigenvalue weighted by Gasteiger charge is 2.66. The second kappa shape index (κ2) is 7.90. The number of phosphoric acid groups is 1. The van der Waals surface area contributed by atoms with E-state index < -0.39 is 42.3 Å². The fourth-order valence-electron chi connectivity index (χ4n) is 2.39. The zero-order valence-corrected chi connectivity index (χ0v) is 15.1. The highest BCUT2D eigenvalue weighted by Crippen LogP contribution is 2.58. The average molecular weight is 406 g/mol. The highest BCUT2D eigenvalue weighted by atomic mass is 31.2. The first-order valence-electron chi connectivity index (χ1n) is 7.45. The number of hydrogen-bond acceptors (Lipinski definition) is 5. The molecule has 0 aliphatic carbocycles. The van der Waals surface area contributed by atoms with Gasteiger partial charge in [0.15, 0.2) is 0 Å². The van der Waals surface area contributed by atoms with Gasteiger partial charge in [0.2, 0.25) is 5.78 Å². The minimum Gasteiger partial charge on any atom is -0.290 e. The van der Waals surface area contributed by atoms with Gasteiger partial charge in [0, 0.05) is 19.8 Å². The average Bonchev–Trinajstić information content (AvgIpc) is 2.65. The second-order valence-corrected chi connectivity index (χ2v) is 7.06. The second-order valence-electron chi connectivity index (χ2n) is 5.26. The third kappa shape index (κ3) is 3.96. The number of halogens is 4. The molecule has 5 nitrogen and oxygen atoms in total. The lowest BCUT2D eigenvalue weighted by Crippen LogP contribution is -2.51. The molecule has 0 radical (unpaired) electrons. The molecular weight excluding hydrogens is 391 g/mol. The van der Waals surface area contributed by atoms with Gasteiger partial charge in [0.25, 0.3) is 5.60 Å². The standard InChI is InChI=1S/C17H15F4O5P/c1-24-27(23,25-2)26-16(17(19,20)21,12-8-4-3-5-9-12)15(22)13-10-6-7-11-14(13)18/h3-11H,1-2H3. The Morgan fingerprint density at radius 3 is 1.93 bits per heavy atom. The zero-order valence-electron chi connectivity index (χ0n) is 14.2. The van der Waals surface area contributed by atoms with E-state index in [0.717, 1.165) is 38.5 Å². The molecule has 0 heterocycles. The number of phosphoric ester groups is 1. The van der Waals surface area contributed by atoms with Crippen molar-refractivity contribution in [3.8, 4) is 0 Å². The summed E-state index contributed by atoms with van der Waals surface area (Å²) in [5.41, 5.74) is -5.42. The van der Waals surface area contributed by atoms with Crippen LogP contribution in [0.15, 0.2) is 54.6 Å². The van der Waals surface area contributed by atoms with Gasteiger partial charge >= 0.3 is 14.0 Å². The van der Waals surface area contributed by atoms with E-state index >= 15 is 0 Å². The summed E-state index contributed by atoms with van der Waals surface area (Å²) >= 11 is 0. The first-order chi connectivity index (χ1) is 12.6. The van der Waals surface area contributed by atoms with E-state index in [0.29, 0.717) is 0 Å². The molecule has 146 valence electrons. The summed E-state index contributed by atoms with van der Waals surface area (Å²) in [5.74, 6) is -2.99. The van der Waals surface area contributed by atoms with Crippen molar-refractivity contribution in [2.24, 2.45) is 0 Å². The van der Waals surface area contributed by atoms with E-state index in [2.05, 4.69) is 9.05 Å². The lowest BCUT2D eigenvalue weighted by atomic mass is 9.85. The maximum atomic E-state index is 14.2.